The number of phenolic OH excluding ortho intramolecular Hbond substituents is 1. The van der Waals surface area contributed by atoms with Gasteiger partial charge in [0.2, 0.25) is 0 Å². The minimum absolute atomic E-state index is 0.142. The van der Waals surface area contributed by atoms with Crippen LogP contribution < -0.4 is 5.32 Å². The van der Waals surface area contributed by atoms with Crippen molar-refractivity contribution in [2.24, 2.45) is 0 Å². The average molecular weight is 257 g/mol. The summed E-state index contributed by atoms with van der Waals surface area (Å²) < 4.78 is 21.8. The van der Waals surface area contributed by atoms with E-state index in [0.717, 1.165) is 16.7 Å². The fraction of sp³-hybridized carbons (Fsp3) is 0.500. The first-order chi connectivity index (χ1) is 7.79. The largest absolute Gasteiger partial charge is 0.507 e. The van der Waals surface area contributed by atoms with Gasteiger partial charge in [-0.2, -0.15) is 0 Å². The standard InChI is InChI=1S/C12H19NO3S/c1-9-6-11(7-10(2)12(9)14)8-13-4-5-17(3,15)16/h6-7,13-14H,4-5,8H2,1-3H3. The molecule has 4 nitrogen and oxygen atoms in total. The summed E-state index contributed by atoms with van der Waals surface area (Å²) in [6.07, 6.45) is 1.23. The van der Waals surface area contributed by atoms with Gasteiger partial charge in [0, 0.05) is 19.3 Å². The van der Waals surface area contributed by atoms with E-state index in [1.807, 2.05) is 26.0 Å². The molecule has 2 N–H and O–H groups in total. The number of nitrogens with one attached hydrogen (secondary N) is 1. The molecule has 0 bridgehead atoms. The summed E-state index contributed by atoms with van der Waals surface area (Å²) in [7, 11) is -2.90. The lowest BCUT2D eigenvalue weighted by Gasteiger charge is -2.08. The quantitative estimate of drug-likeness (QED) is 0.776. The topological polar surface area (TPSA) is 66.4 Å². The van der Waals surface area contributed by atoms with Crippen molar-refractivity contribution in [2.45, 2.75) is 20.4 Å². The smallest absolute Gasteiger partial charge is 0.148 e. The number of aryl methyl sites for hydroxylation is 2. The van der Waals surface area contributed by atoms with E-state index in [1.165, 1.54) is 6.26 Å². The van der Waals surface area contributed by atoms with E-state index in [4.69, 9.17) is 0 Å². The summed E-state index contributed by atoms with van der Waals surface area (Å²) in [5.74, 6) is 0.466. The Morgan fingerprint density at radius 2 is 1.76 bits per heavy atom. The summed E-state index contributed by atoms with van der Waals surface area (Å²) >= 11 is 0. The molecule has 0 aliphatic heterocycles. The van der Waals surface area contributed by atoms with Crippen molar-refractivity contribution in [1.82, 2.24) is 5.32 Å². The van der Waals surface area contributed by atoms with Crippen LogP contribution in [0.4, 0.5) is 0 Å². The Bertz CT molecular complexity index is 471. The van der Waals surface area contributed by atoms with E-state index in [1.54, 1.807) is 0 Å². The van der Waals surface area contributed by atoms with E-state index in [2.05, 4.69) is 5.32 Å². The minimum Gasteiger partial charge on any atom is -0.507 e. The van der Waals surface area contributed by atoms with Crippen molar-refractivity contribution in [3.8, 4) is 5.75 Å². The van der Waals surface area contributed by atoms with Crippen molar-refractivity contribution in [3.05, 3.63) is 28.8 Å². The molecule has 0 aliphatic rings. The zero-order chi connectivity index (χ0) is 13.1. The molecule has 0 aliphatic carbocycles. The van der Waals surface area contributed by atoms with Gasteiger partial charge in [-0.25, -0.2) is 8.42 Å². The van der Waals surface area contributed by atoms with Gasteiger partial charge in [-0.1, -0.05) is 12.1 Å². The molecule has 1 rings (SSSR count). The molecule has 0 saturated carbocycles. The van der Waals surface area contributed by atoms with Gasteiger partial charge in [0.25, 0.3) is 0 Å². The number of aromatic hydroxyl groups is 1. The lowest BCUT2D eigenvalue weighted by atomic mass is 10.1. The number of hydrogen-bond acceptors (Lipinski definition) is 4. The first-order valence-corrected chi connectivity index (χ1v) is 7.53. The molecule has 0 heterocycles. The highest BCUT2D eigenvalue weighted by Crippen LogP contribution is 2.22. The van der Waals surface area contributed by atoms with Crippen LogP contribution in [0.3, 0.4) is 0 Å². The van der Waals surface area contributed by atoms with Crippen LogP contribution in [0.5, 0.6) is 5.75 Å². The minimum atomic E-state index is -2.90. The molecule has 5 heteroatoms. The summed E-state index contributed by atoms with van der Waals surface area (Å²) in [4.78, 5) is 0. The number of sulfone groups is 1. The normalized spacial score (nSPS) is 11.7. The first-order valence-electron chi connectivity index (χ1n) is 5.47. The summed E-state index contributed by atoms with van der Waals surface area (Å²) in [6, 6.07) is 3.80. The summed E-state index contributed by atoms with van der Waals surface area (Å²) in [5.41, 5.74) is 2.72. The van der Waals surface area contributed by atoms with Crippen LogP contribution in [0.1, 0.15) is 16.7 Å². The lowest BCUT2D eigenvalue weighted by molar-refractivity contribution is 0.466. The Hall–Kier alpha value is -1.07. The molecule has 0 amide bonds. The Kier molecular flexibility index (Phi) is 4.54. The van der Waals surface area contributed by atoms with Gasteiger partial charge in [0.05, 0.1) is 5.75 Å². The molecule has 0 spiro atoms. The molecule has 17 heavy (non-hydrogen) atoms. The average Bonchev–Trinajstić information content (AvgIpc) is 2.19. The van der Waals surface area contributed by atoms with Gasteiger partial charge in [-0.15, -0.1) is 0 Å². The highest BCUT2D eigenvalue weighted by atomic mass is 32.2. The molecule has 96 valence electrons. The predicted molar refractivity (Wildman–Crippen MR) is 69.0 cm³/mol. The summed E-state index contributed by atoms with van der Waals surface area (Å²) in [6.45, 7) is 4.75. The van der Waals surface area contributed by atoms with Gasteiger partial charge >= 0.3 is 0 Å². The molecular weight excluding hydrogens is 238 g/mol. The fourth-order valence-electron chi connectivity index (χ4n) is 1.64. The van der Waals surface area contributed by atoms with Crippen molar-refractivity contribution in [1.29, 1.82) is 0 Å². The van der Waals surface area contributed by atoms with Crippen LogP contribution in [0.15, 0.2) is 12.1 Å². The maximum Gasteiger partial charge on any atom is 0.148 e. The Morgan fingerprint density at radius 1 is 1.24 bits per heavy atom. The van der Waals surface area contributed by atoms with Crippen molar-refractivity contribution < 1.29 is 13.5 Å². The molecule has 1 aromatic rings. The van der Waals surface area contributed by atoms with Gasteiger partial charge in [-0.05, 0) is 30.5 Å². The van der Waals surface area contributed by atoms with Crippen LogP contribution in [-0.2, 0) is 16.4 Å². The zero-order valence-electron chi connectivity index (χ0n) is 10.4. The van der Waals surface area contributed by atoms with Gasteiger partial charge in [-0.3, -0.25) is 0 Å². The molecule has 0 atom stereocenters. The Balaban J connectivity index is 2.53. The lowest BCUT2D eigenvalue weighted by Crippen LogP contribution is -2.22. The second-order valence-corrected chi connectivity index (χ2v) is 6.64. The van der Waals surface area contributed by atoms with Crippen molar-refractivity contribution in [2.75, 3.05) is 18.6 Å². The molecule has 0 saturated heterocycles. The highest BCUT2D eigenvalue weighted by molar-refractivity contribution is 7.90. The van der Waals surface area contributed by atoms with E-state index in [9.17, 15) is 13.5 Å². The van der Waals surface area contributed by atoms with Gasteiger partial charge < -0.3 is 10.4 Å². The van der Waals surface area contributed by atoms with Crippen LogP contribution >= 0.6 is 0 Å². The molecule has 0 aromatic heterocycles. The van der Waals surface area contributed by atoms with Crippen LogP contribution in [0, 0.1) is 13.8 Å². The van der Waals surface area contributed by atoms with E-state index < -0.39 is 9.84 Å². The Labute approximate surface area is 103 Å². The predicted octanol–water partition coefficient (Wildman–Crippen LogP) is 1.14. The second kappa shape index (κ2) is 5.51. The van der Waals surface area contributed by atoms with Crippen LogP contribution in [-0.4, -0.2) is 32.1 Å². The Morgan fingerprint density at radius 3 is 2.24 bits per heavy atom. The van der Waals surface area contributed by atoms with Crippen molar-refractivity contribution in [3.63, 3.8) is 0 Å². The van der Waals surface area contributed by atoms with Gasteiger partial charge in [0.15, 0.2) is 0 Å². The monoisotopic (exact) mass is 257 g/mol. The number of hydrogen-bond donors (Lipinski definition) is 2. The van der Waals surface area contributed by atoms with Crippen LogP contribution in [0.2, 0.25) is 0 Å². The first kappa shape index (κ1) is 14.0. The van der Waals surface area contributed by atoms with Crippen LogP contribution in [0.25, 0.3) is 0 Å². The molecule has 1 aromatic carbocycles. The molecular formula is C12H19NO3S. The third kappa shape index (κ3) is 4.75. The van der Waals surface area contributed by atoms with E-state index >= 15 is 0 Å². The maximum atomic E-state index is 10.9. The molecule has 0 radical (unpaired) electrons. The third-order valence-electron chi connectivity index (χ3n) is 2.53. The highest BCUT2D eigenvalue weighted by Gasteiger charge is 2.04. The third-order valence-corrected chi connectivity index (χ3v) is 3.48. The second-order valence-electron chi connectivity index (χ2n) is 4.38. The fourth-order valence-corrected chi connectivity index (χ4v) is 2.15. The number of rotatable bonds is 5. The maximum absolute atomic E-state index is 10.9. The van der Waals surface area contributed by atoms with E-state index in [-0.39, 0.29) is 5.75 Å². The summed E-state index contributed by atoms with van der Waals surface area (Å²) in [5, 5.41) is 12.7. The number of phenols is 1. The van der Waals surface area contributed by atoms with E-state index in [0.29, 0.717) is 18.8 Å². The zero-order valence-corrected chi connectivity index (χ0v) is 11.3. The molecule has 0 fully saturated rings. The van der Waals surface area contributed by atoms with Crippen molar-refractivity contribution >= 4 is 9.84 Å². The molecule has 0 unspecified atom stereocenters. The SMILES string of the molecule is Cc1cc(CNCCS(C)(=O)=O)cc(C)c1O. The number of benzene rings is 1. The van der Waals surface area contributed by atoms with Gasteiger partial charge in [0.1, 0.15) is 15.6 Å².